The number of hydrogen-bond acceptors (Lipinski definition) is 2. The number of aryl methyl sites for hydroxylation is 1. The number of nitrogens with zero attached hydrogens (tertiary/aromatic N) is 1. The number of H-pyrrole nitrogens is 3. The monoisotopic (exact) mass is 268 g/mol. The summed E-state index contributed by atoms with van der Waals surface area (Å²) in [4.78, 5) is 25.3. The van der Waals surface area contributed by atoms with Gasteiger partial charge in [-0.3, -0.25) is 4.79 Å². The molecule has 0 saturated heterocycles. The summed E-state index contributed by atoms with van der Waals surface area (Å²) in [5.74, 6) is 0.558. The van der Waals surface area contributed by atoms with Crippen LogP contribution in [0.15, 0.2) is 11.0 Å². The Hall–Kier alpha value is -2.56. The van der Waals surface area contributed by atoms with Gasteiger partial charge in [0.1, 0.15) is 11.3 Å². The lowest BCUT2D eigenvalue weighted by Gasteiger charge is -1.96. The van der Waals surface area contributed by atoms with Crippen molar-refractivity contribution in [3.8, 4) is 11.4 Å². The lowest BCUT2D eigenvalue weighted by molar-refractivity contribution is 1.07. The molecule has 3 heterocycles. The third-order valence-corrected chi connectivity index (χ3v) is 3.79. The quantitative estimate of drug-likeness (QED) is 0.607. The molecule has 5 heteroatoms. The van der Waals surface area contributed by atoms with Crippen molar-refractivity contribution in [3.05, 3.63) is 49.8 Å². The van der Waals surface area contributed by atoms with E-state index in [1.807, 2.05) is 19.9 Å². The SMILES string of the molecule is C=c1nc2[nH]c(=O)c(=Cc3[nH]c(C)c(C)c3C)c-2c[nH]1. The zero-order chi connectivity index (χ0) is 14.4. The Morgan fingerprint density at radius 2 is 1.95 bits per heavy atom. The van der Waals surface area contributed by atoms with Crippen molar-refractivity contribution in [2.45, 2.75) is 20.8 Å². The predicted octanol–water partition coefficient (Wildman–Crippen LogP) is 0.695. The molecule has 0 saturated carbocycles. The Morgan fingerprint density at radius 3 is 2.60 bits per heavy atom. The van der Waals surface area contributed by atoms with Gasteiger partial charge in [0.25, 0.3) is 5.56 Å². The van der Waals surface area contributed by atoms with Gasteiger partial charge in [0, 0.05) is 23.1 Å². The first-order valence-electron chi connectivity index (χ1n) is 6.41. The molecule has 2 aliphatic rings. The number of aromatic amines is 3. The highest BCUT2D eigenvalue weighted by molar-refractivity contribution is 5.63. The molecule has 0 bridgehead atoms. The summed E-state index contributed by atoms with van der Waals surface area (Å²) in [6.45, 7) is 9.85. The number of fused-ring (bicyclic) bond motifs is 1. The molecule has 0 radical (unpaired) electrons. The van der Waals surface area contributed by atoms with Gasteiger partial charge in [0.05, 0.1) is 5.22 Å². The number of aromatic nitrogens is 4. The van der Waals surface area contributed by atoms with Crippen LogP contribution in [0.3, 0.4) is 0 Å². The first kappa shape index (κ1) is 12.5. The molecule has 0 unspecified atom stereocenters. The molecular formula is C15H16N4O. The van der Waals surface area contributed by atoms with Gasteiger partial charge in [-0.05, 0) is 38.0 Å². The van der Waals surface area contributed by atoms with E-state index >= 15 is 0 Å². The minimum absolute atomic E-state index is 0.143. The van der Waals surface area contributed by atoms with E-state index in [4.69, 9.17) is 0 Å². The highest BCUT2D eigenvalue weighted by Crippen LogP contribution is 2.17. The second-order valence-electron chi connectivity index (χ2n) is 5.04. The average Bonchev–Trinajstić information content (AvgIpc) is 2.82. The highest BCUT2D eigenvalue weighted by Gasteiger charge is 2.12. The molecule has 0 fully saturated rings. The summed E-state index contributed by atoms with van der Waals surface area (Å²) < 4.78 is 0. The molecule has 0 amide bonds. The van der Waals surface area contributed by atoms with Gasteiger partial charge in [0.2, 0.25) is 0 Å². The molecule has 0 spiro atoms. The predicted molar refractivity (Wildman–Crippen MR) is 79.2 cm³/mol. The number of hydrogen-bond donors (Lipinski definition) is 3. The molecule has 1 aromatic heterocycles. The van der Waals surface area contributed by atoms with E-state index in [9.17, 15) is 4.79 Å². The summed E-state index contributed by atoms with van der Waals surface area (Å²) >= 11 is 0. The van der Waals surface area contributed by atoms with E-state index < -0.39 is 0 Å². The maximum atomic E-state index is 12.1. The fraction of sp³-hybridized carbons (Fsp3) is 0.200. The van der Waals surface area contributed by atoms with Gasteiger partial charge < -0.3 is 15.0 Å². The van der Waals surface area contributed by atoms with Crippen molar-refractivity contribution in [1.29, 1.82) is 0 Å². The molecule has 5 nitrogen and oxygen atoms in total. The average molecular weight is 268 g/mol. The first-order chi connectivity index (χ1) is 9.47. The van der Waals surface area contributed by atoms with Crippen LogP contribution in [0.25, 0.3) is 24.0 Å². The fourth-order valence-corrected chi connectivity index (χ4v) is 2.35. The van der Waals surface area contributed by atoms with Crippen LogP contribution in [-0.4, -0.2) is 19.9 Å². The van der Waals surface area contributed by atoms with Crippen LogP contribution >= 0.6 is 0 Å². The molecule has 1 aromatic rings. The summed E-state index contributed by atoms with van der Waals surface area (Å²) in [6.07, 6.45) is 3.63. The van der Waals surface area contributed by atoms with Gasteiger partial charge in [0.15, 0.2) is 0 Å². The van der Waals surface area contributed by atoms with Gasteiger partial charge >= 0.3 is 0 Å². The molecule has 0 atom stereocenters. The minimum Gasteiger partial charge on any atom is -0.359 e. The topological polar surface area (TPSA) is 77.3 Å². The molecule has 0 aromatic carbocycles. The van der Waals surface area contributed by atoms with E-state index in [1.54, 1.807) is 6.20 Å². The van der Waals surface area contributed by atoms with Gasteiger partial charge in [-0.2, -0.15) is 0 Å². The van der Waals surface area contributed by atoms with Gasteiger partial charge in [-0.1, -0.05) is 6.58 Å². The Kier molecular flexibility index (Phi) is 2.64. The minimum atomic E-state index is -0.143. The highest BCUT2D eigenvalue weighted by atomic mass is 16.1. The molecule has 20 heavy (non-hydrogen) atoms. The molecule has 2 aliphatic heterocycles. The van der Waals surface area contributed by atoms with Crippen molar-refractivity contribution in [2.75, 3.05) is 0 Å². The Bertz CT molecular complexity index is 926. The van der Waals surface area contributed by atoms with Gasteiger partial charge in [-0.15, -0.1) is 0 Å². The Morgan fingerprint density at radius 1 is 1.20 bits per heavy atom. The van der Waals surface area contributed by atoms with Crippen LogP contribution in [0.2, 0.25) is 0 Å². The smallest absolute Gasteiger partial charge is 0.257 e. The second-order valence-corrected chi connectivity index (χ2v) is 5.04. The van der Waals surface area contributed by atoms with Crippen LogP contribution in [0.1, 0.15) is 22.5 Å². The summed E-state index contributed by atoms with van der Waals surface area (Å²) in [7, 11) is 0. The van der Waals surface area contributed by atoms with Crippen LogP contribution in [0.5, 0.6) is 0 Å². The van der Waals surface area contributed by atoms with E-state index in [0.29, 0.717) is 16.5 Å². The fourth-order valence-electron chi connectivity index (χ4n) is 2.35. The van der Waals surface area contributed by atoms with E-state index in [-0.39, 0.29) is 5.56 Å². The summed E-state index contributed by atoms with van der Waals surface area (Å²) in [6, 6.07) is 0. The molecule has 0 aliphatic carbocycles. The lowest BCUT2D eigenvalue weighted by atomic mass is 10.1. The normalized spacial score (nSPS) is 12.4. The second kappa shape index (κ2) is 4.23. The molecule has 102 valence electrons. The Labute approximate surface area is 115 Å². The maximum Gasteiger partial charge on any atom is 0.257 e. The van der Waals surface area contributed by atoms with Gasteiger partial charge in [-0.25, -0.2) is 4.98 Å². The first-order valence-corrected chi connectivity index (χ1v) is 6.41. The standard InChI is InChI=1S/C15H16N4O/c1-7-8(2)13(17-9(7)3)5-11-12-6-16-10(4)18-14(12)19-15(11)20/h5-6,16-17H,4H2,1-3H3,(H,18,19,20). The molecule has 3 N–H and O–H groups in total. The van der Waals surface area contributed by atoms with E-state index in [2.05, 4.69) is 33.4 Å². The third kappa shape index (κ3) is 1.79. The maximum absolute atomic E-state index is 12.1. The lowest BCUT2D eigenvalue weighted by Crippen LogP contribution is -2.21. The number of nitrogens with one attached hydrogen (secondary N) is 3. The largest absolute Gasteiger partial charge is 0.359 e. The summed E-state index contributed by atoms with van der Waals surface area (Å²) in [5.41, 5.74) is 5.59. The van der Waals surface area contributed by atoms with Crippen molar-refractivity contribution >= 4 is 12.7 Å². The van der Waals surface area contributed by atoms with Crippen LogP contribution < -0.4 is 16.3 Å². The zero-order valence-electron chi connectivity index (χ0n) is 11.7. The van der Waals surface area contributed by atoms with E-state index in [0.717, 1.165) is 22.5 Å². The van der Waals surface area contributed by atoms with Crippen LogP contribution in [0.4, 0.5) is 0 Å². The van der Waals surface area contributed by atoms with Crippen molar-refractivity contribution in [2.24, 2.45) is 0 Å². The number of rotatable bonds is 1. The molecular weight excluding hydrogens is 252 g/mol. The van der Waals surface area contributed by atoms with Crippen LogP contribution in [0, 0.1) is 20.8 Å². The molecule has 3 rings (SSSR count). The van der Waals surface area contributed by atoms with Crippen LogP contribution in [-0.2, 0) is 0 Å². The van der Waals surface area contributed by atoms with Crippen molar-refractivity contribution < 1.29 is 0 Å². The van der Waals surface area contributed by atoms with Crippen molar-refractivity contribution in [3.63, 3.8) is 0 Å². The van der Waals surface area contributed by atoms with Crippen molar-refractivity contribution in [1.82, 2.24) is 19.9 Å². The van der Waals surface area contributed by atoms with E-state index in [1.165, 1.54) is 5.56 Å². The third-order valence-electron chi connectivity index (χ3n) is 3.79. The Balaban J connectivity index is 2.32. The zero-order valence-corrected chi connectivity index (χ0v) is 11.7. The summed E-state index contributed by atoms with van der Waals surface area (Å²) in [5, 5.41) is 0.605.